The Hall–Kier alpha value is -1.58. The highest BCUT2D eigenvalue weighted by Gasteiger charge is 2.14. The van der Waals surface area contributed by atoms with Crippen molar-refractivity contribution in [1.82, 2.24) is 0 Å². The number of hydrogen-bond donors (Lipinski definition) is 0. The van der Waals surface area contributed by atoms with E-state index in [0.717, 1.165) is 0 Å². The Bertz CT molecular complexity index is 324. The van der Waals surface area contributed by atoms with E-state index in [1.165, 1.54) is 17.0 Å². The van der Waals surface area contributed by atoms with Crippen molar-refractivity contribution in [2.24, 2.45) is 0 Å². The van der Waals surface area contributed by atoms with Gasteiger partial charge in [0.1, 0.15) is 5.82 Å². The average molecular weight is 211 g/mol. The Labute approximate surface area is 88.5 Å². The van der Waals surface area contributed by atoms with Gasteiger partial charge >= 0.3 is 6.09 Å². The highest BCUT2D eigenvalue weighted by atomic mass is 19.1. The summed E-state index contributed by atoms with van der Waals surface area (Å²) in [6.45, 7) is 4.40. The Morgan fingerprint density at radius 2 is 1.93 bits per heavy atom. The number of benzene rings is 1. The molecule has 0 saturated heterocycles. The Morgan fingerprint density at radius 3 is 2.40 bits per heavy atom. The number of ether oxygens (including phenoxy) is 1. The minimum atomic E-state index is -0.411. The van der Waals surface area contributed by atoms with Crippen molar-refractivity contribution in [3.8, 4) is 0 Å². The lowest BCUT2D eigenvalue weighted by atomic mass is 10.3. The van der Waals surface area contributed by atoms with Crippen molar-refractivity contribution in [2.45, 2.75) is 13.8 Å². The standard InChI is InChI=1S/C11H14FNO2/c1-3-13(11(14)15-4-2)10-7-5-9(12)6-8-10/h5-8H,3-4H2,1-2H3. The first-order valence-electron chi connectivity index (χ1n) is 4.88. The van der Waals surface area contributed by atoms with E-state index < -0.39 is 6.09 Å². The topological polar surface area (TPSA) is 29.5 Å². The number of amides is 1. The minimum Gasteiger partial charge on any atom is -0.449 e. The molecule has 0 heterocycles. The summed E-state index contributed by atoms with van der Waals surface area (Å²) in [7, 11) is 0. The zero-order chi connectivity index (χ0) is 11.3. The van der Waals surface area contributed by atoms with Crippen LogP contribution in [0.5, 0.6) is 0 Å². The van der Waals surface area contributed by atoms with Crippen molar-refractivity contribution < 1.29 is 13.9 Å². The first kappa shape index (κ1) is 11.5. The van der Waals surface area contributed by atoms with E-state index in [1.807, 2.05) is 6.92 Å². The lowest BCUT2D eigenvalue weighted by molar-refractivity contribution is 0.160. The first-order valence-corrected chi connectivity index (χ1v) is 4.88. The van der Waals surface area contributed by atoms with Crippen LogP contribution in [0, 0.1) is 5.82 Å². The van der Waals surface area contributed by atoms with Gasteiger partial charge in [-0.1, -0.05) is 0 Å². The third-order valence-corrected chi connectivity index (χ3v) is 1.94. The van der Waals surface area contributed by atoms with Crippen molar-refractivity contribution in [1.29, 1.82) is 0 Å². The number of carbonyl (C=O) groups excluding carboxylic acids is 1. The predicted octanol–water partition coefficient (Wildman–Crippen LogP) is 2.81. The Balaban J connectivity index is 2.82. The molecule has 0 unspecified atom stereocenters. The summed E-state index contributed by atoms with van der Waals surface area (Å²) in [6, 6.07) is 5.74. The van der Waals surface area contributed by atoms with Gasteiger partial charge in [-0.2, -0.15) is 0 Å². The van der Waals surface area contributed by atoms with Crippen LogP contribution >= 0.6 is 0 Å². The molecule has 0 aliphatic heterocycles. The largest absolute Gasteiger partial charge is 0.449 e. The molecule has 82 valence electrons. The Morgan fingerprint density at radius 1 is 1.33 bits per heavy atom. The third-order valence-electron chi connectivity index (χ3n) is 1.94. The number of nitrogens with zero attached hydrogens (tertiary/aromatic N) is 1. The summed E-state index contributed by atoms with van der Waals surface area (Å²) >= 11 is 0. The molecule has 1 aromatic rings. The maximum atomic E-state index is 12.7. The number of halogens is 1. The number of rotatable bonds is 3. The van der Waals surface area contributed by atoms with Crippen LogP contribution in [0.15, 0.2) is 24.3 Å². The highest BCUT2D eigenvalue weighted by molar-refractivity contribution is 5.87. The molecule has 0 atom stereocenters. The predicted molar refractivity (Wildman–Crippen MR) is 56.4 cm³/mol. The second-order valence-electron chi connectivity index (χ2n) is 2.92. The molecular formula is C11H14FNO2. The molecule has 0 saturated carbocycles. The molecule has 0 spiro atoms. The highest BCUT2D eigenvalue weighted by Crippen LogP contribution is 2.15. The van der Waals surface area contributed by atoms with Crippen LogP contribution in [0.3, 0.4) is 0 Å². The van der Waals surface area contributed by atoms with Gasteiger partial charge in [-0.05, 0) is 38.1 Å². The van der Waals surface area contributed by atoms with Crippen LogP contribution in [-0.2, 0) is 4.74 Å². The SMILES string of the molecule is CCOC(=O)N(CC)c1ccc(F)cc1. The zero-order valence-electron chi connectivity index (χ0n) is 8.87. The van der Waals surface area contributed by atoms with E-state index in [4.69, 9.17) is 4.74 Å². The zero-order valence-corrected chi connectivity index (χ0v) is 8.87. The summed E-state index contributed by atoms with van der Waals surface area (Å²) in [4.78, 5) is 12.9. The van der Waals surface area contributed by atoms with Crippen LogP contribution in [0.1, 0.15) is 13.8 Å². The molecule has 0 aliphatic rings. The third kappa shape index (κ3) is 2.94. The van der Waals surface area contributed by atoms with Crippen molar-refractivity contribution in [3.63, 3.8) is 0 Å². The smallest absolute Gasteiger partial charge is 0.414 e. The summed E-state index contributed by atoms with van der Waals surface area (Å²) in [5.41, 5.74) is 0.636. The van der Waals surface area contributed by atoms with E-state index in [1.54, 1.807) is 19.1 Å². The van der Waals surface area contributed by atoms with Gasteiger partial charge in [0, 0.05) is 12.2 Å². The molecule has 0 aliphatic carbocycles. The molecule has 1 amide bonds. The summed E-state index contributed by atoms with van der Waals surface area (Å²) in [6.07, 6.45) is -0.411. The monoisotopic (exact) mass is 211 g/mol. The normalized spacial score (nSPS) is 9.80. The molecule has 15 heavy (non-hydrogen) atoms. The van der Waals surface area contributed by atoms with Crippen LogP contribution in [0.4, 0.5) is 14.9 Å². The van der Waals surface area contributed by atoms with E-state index >= 15 is 0 Å². The van der Waals surface area contributed by atoms with Crippen LogP contribution in [0.25, 0.3) is 0 Å². The van der Waals surface area contributed by atoms with E-state index in [-0.39, 0.29) is 5.82 Å². The fraction of sp³-hybridized carbons (Fsp3) is 0.364. The molecule has 0 fully saturated rings. The van der Waals surface area contributed by atoms with E-state index in [0.29, 0.717) is 18.8 Å². The van der Waals surface area contributed by atoms with E-state index in [9.17, 15) is 9.18 Å². The van der Waals surface area contributed by atoms with Crippen molar-refractivity contribution >= 4 is 11.8 Å². The first-order chi connectivity index (χ1) is 7.19. The fourth-order valence-corrected chi connectivity index (χ4v) is 1.24. The van der Waals surface area contributed by atoms with Gasteiger partial charge < -0.3 is 4.74 Å². The molecular weight excluding hydrogens is 197 g/mol. The number of hydrogen-bond acceptors (Lipinski definition) is 2. The fourth-order valence-electron chi connectivity index (χ4n) is 1.24. The second-order valence-corrected chi connectivity index (χ2v) is 2.92. The second kappa shape index (κ2) is 5.34. The maximum Gasteiger partial charge on any atom is 0.414 e. The molecule has 1 aromatic carbocycles. The molecule has 0 aromatic heterocycles. The average Bonchev–Trinajstić information content (AvgIpc) is 2.22. The lowest BCUT2D eigenvalue weighted by Gasteiger charge is -2.19. The quantitative estimate of drug-likeness (QED) is 0.769. The number of carbonyl (C=O) groups is 1. The summed E-state index contributed by atoms with van der Waals surface area (Å²) < 4.78 is 17.5. The van der Waals surface area contributed by atoms with Crippen molar-refractivity contribution in [3.05, 3.63) is 30.1 Å². The van der Waals surface area contributed by atoms with Gasteiger partial charge in [0.25, 0.3) is 0 Å². The molecule has 3 nitrogen and oxygen atoms in total. The molecule has 0 bridgehead atoms. The van der Waals surface area contributed by atoms with Gasteiger partial charge in [0.15, 0.2) is 0 Å². The van der Waals surface area contributed by atoms with Crippen molar-refractivity contribution in [2.75, 3.05) is 18.1 Å². The van der Waals surface area contributed by atoms with Gasteiger partial charge in [0.2, 0.25) is 0 Å². The van der Waals surface area contributed by atoms with Crippen LogP contribution in [0.2, 0.25) is 0 Å². The molecule has 1 rings (SSSR count). The summed E-state index contributed by atoms with van der Waals surface area (Å²) in [5, 5.41) is 0. The van der Waals surface area contributed by atoms with Crippen LogP contribution < -0.4 is 4.90 Å². The molecule has 4 heteroatoms. The number of anilines is 1. The van der Waals surface area contributed by atoms with Gasteiger partial charge in [-0.3, -0.25) is 4.90 Å². The van der Waals surface area contributed by atoms with Gasteiger partial charge in [-0.15, -0.1) is 0 Å². The lowest BCUT2D eigenvalue weighted by Crippen LogP contribution is -2.31. The van der Waals surface area contributed by atoms with Crippen LogP contribution in [-0.4, -0.2) is 19.2 Å². The van der Waals surface area contributed by atoms with Gasteiger partial charge in [0.05, 0.1) is 6.61 Å². The molecule has 0 radical (unpaired) electrons. The molecule has 0 N–H and O–H groups in total. The Kier molecular flexibility index (Phi) is 4.09. The summed E-state index contributed by atoms with van der Waals surface area (Å²) in [5.74, 6) is -0.321. The van der Waals surface area contributed by atoms with E-state index in [2.05, 4.69) is 0 Å². The minimum absolute atomic E-state index is 0.321. The maximum absolute atomic E-state index is 12.7. The van der Waals surface area contributed by atoms with Gasteiger partial charge in [-0.25, -0.2) is 9.18 Å².